The molecule has 9 nitrogen and oxygen atoms in total. The van der Waals surface area contributed by atoms with Crippen LogP contribution in [-0.4, -0.2) is 51.6 Å². The Morgan fingerprint density at radius 1 is 1.21 bits per heavy atom. The molecule has 0 saturated carbocycles. The summed E-state index contributed by atoms with van der Waals surface area (Å²) in [7, 11) is 0. The zero-order valence-corrected chi connectivity index (χ0v) is 19.7. The van der Waals surface area contributed by atoms with Crippen LogP contribution in [-0.2, 0) is 33.8 Å². The van der Waals surface area contributed by atoms with E-state index >= 15 is 0 Å². The predicted molar refractivity (Wildman–Crippen MR) is 128 cm³/mol. The molecule has 1 aromatic carbocycles. The molecule has 2 amide bonds. The Kier molecular flexibility index (Phi) is 6.09. The summed E-state index contributed by atoms with van der Waals surface area (Å²) in [4.78, 5) is 55.0. The van der Waals surface area contributed by atoms with Crippen molar-refractivity contribution in [2.45, 2.75) is 45.4 Å². The minimum absolute atomic E-state index is 0.00872. The number of nitrogens with zero attached hydrogens (tertiary/aromatic N) is 3. The smallest absolute Gasteiger partial charge is 0.337 e. The number of amides is 2. The molecule has 0 aliphatic carbocycles. The molecule has 1 fully saturated rings. The normalized spacial score (nSPS) is 17.7. The molecular weight excluding hydrogens is 456 g/mol. The van der Waals surface area contributed by atoms with Crippen molar-refractivity contribution in [3.8, 4) is 5.69 Å². The van der Waals surface area contributed by atoms with E-state index in [-0.39, 0.29) is 24.5 Å². The summed E-state index contributed by atoms with van der Waals surface area (Å²) < 4.78 is 8.09. The van der Waals surface area contributed by atoms with Gasteiger partial charge in [-0.25, -0.2) is 9.36 Å². The van der Waals surface area contributed by atoms with Crippen LogP contribution in [0.15, 0.2) is 39.9 Å². The van der Waals surface area contributed by atoms with Gasteiger partial charge in [0, 0.05) is 31.5 Å². The van der Waals surface area contributed by atoms with Crippen LogP contribution in [0, 0.1) is 0 Å². The van der Waals surface area contributed by atoms with Gasteiger partial charge in [-0.05, 0) is 37.0 Å². The molecule has 4 heterocycles. The number of fused-ring (bicyclic) bond motifs is 3. The Bertz CT molecular complexity index is 1370. The minimum atomic E-state index is -0.557. The molecule has 1 unspecified atom stereocenters. The van der Waals surface area contributed by atoms with Gasteiger partial charge in [-0.3, -0.25) is 19.0 Å². The van der Waals surface area contributed by atoms with Gasteiger partial charge in [0.15, 0.2) is 0 Å². The van der Waals surface area contributed by atoms with Crippen molar-refractivity contribution in [2.24, 2.45) is 0 Å². The summed E-state index contributed by atoms with van der Waals surface area (Å²) in [6.07, 6.45) is 2.39. The summed E-state index contributed by atoms with van der Waals surface area (Å²) >= 11 is 1.32. The third-order valence-corrected chi connectivity index (χ3v) is 7.67. The Morgan fingerprint density at radius 3 is 2.71 bits per heavy atom. The molecule has 1 saturated heterocycles. The highest BCUT2D eigenvalue weighted by Crippen LogP contribution is 2.33. The fraction of sp³-hybridized carbons (Fsp3) is 0.417. The predicted octanol–water partition coefficient (Wildman–Crippen LogP) is 1.41. The SMILES string of the molecule is CC(=O)N1CCc2c(sc3c2c(=O)n(-c2ccccc2)c(=O)n3CC(=O)NCC2CCCO2)C1. The first-order valence-corrected chi connectivity index (χ1v) is 12.2. The summed E-state index contributed by atoms with van der Waals surface area (Å²) in [5.41, 5.74) is 0.365. The second kappa shape index (κ2) is 9.19. The molecule has 34 heavy (non-hydrogen) atoms. The number of benzene rings is 1. The van der Waals surface area contributed by atoms with E-state index in [1.165, 1.54) is 22.8 Å². The third kappa shape index (κ3) is 4.07. The Labute approximate surface area is 199 Å². The first-order valence-electron chi connectivity index (χ1n) is 11.4. The van der Waals surface area contributed by atoms with Crippen LogP contribution in [0.25, 0.3) is 15.9 Å². The van der Waals surface area contributed by atoms with E-state index < -0.39 is 11.2 Å². The molecule has 10 heteroatoms. The molecule has 0 spiro atoms. The highest BCUT2D eigenvalue weighted by Gasteiger charge is 2.28. The van der Waals surface area contributed by atoms with Gasteiger partial charge >= 0.3 is 5.69 Å². The second-order valence-corrected chi connectivity index (χ2v) is 9.74. The average molecular weight is 483 g/mol. The summed E-state index contributed by atoms with van der Waals surface area (Å²) in [6.45, 7) is 3.32. The maximum Gasteiger partial charge on any atom is 0.337 e. The average Bonchev–Trinajstić information content (AvgIpc) is 3.48. The number of carbonyl (C=O) groups is 2. The van der Waals surface area contributed by atoms with Crippen LogP contribution in [0.4, 0.5) is 0 Å². The van der Waals surface area contributed by atoms with Crippen LogP contribution in [0.2, 0.25) is 0 Å². The van der Waals surface area contributed by atoms with E-state index in [2.05, 4.69) is 5.32 Å². The van der Waals surface area contributed by atoms with Gasteiger partial charge in [0.1, 0.15) is 11.4 Å². The number of para-hydroxylation sites is 1. The molecule has 178 valence electrons. The van der Waals surface area contributed by atoms with Gasteiger partial charge in [-0.2, -0.15) is 0 Å². The lowest BCUT2D eigenvalue weighted by Gasteiger charge is -2.25. The van der Waals surface area contributed by atoms with Crippen molar-refractivity contribution in [3.05, 3.63) is 61.6 Å². The van der Waals surface area contributed by atoms with Crippen molar-refractivity contribution in [2.75, 3.05) is 19.7 Å². The summed E-state index contributed by atoms with van der Waals surface area (Å²) in [6, 6.07) is 8.74. The second-order valence-electron chi connectivity index (χ2n) is 8.66. The highest BCUT2D eigenvalue weighted by molar-refractivity contribution is 7.18. The number of nitrogens with one attached hydrogen (secondary N) is 1. The molecule has 2 aliphatic heterocycles. The van der Waals surface area contributed by atoms with E-state index in [1.807, 2.05) is 6.07 Å². The van der Waals surface area contributed by atoms with E-state index in [0.29, 0.717) is 48.6 Å². The number of ether oxygens (including phenoxy) is 1. The standard InChI is InChI=1S/C24H26N4O5S/c1-15(29)26-10-9-18-19(13-26)34-23-21(18)22(31)28(16-6-3-2-4-7-16)24(32)27(23)14-20(30)25-12-17-8-5-11-33-17/h2-4,6-7,17H,5,8-14H2,1H3,(H,25,30). The first kappa shape index (κ1) is 22.5. The summed E-state index contributed by atoms with van der Waals surface area (Å²) in [5, 5.41) is 3.32. The minimum Gasteiger partial charge on any atom is -0.376 e. The lowest BCUT2D eigenvalue weighted by Crippen LogP contribution is -2.42. The van der Waals surface area contributed by atoms with Crippen LogP contribution in [0.5, 0.6) is 0 Å². The lowest BCUT2D eigenvalue weighted by molar-refractivity contribution is -0.129. The Morgan fingerprint density at radius 2 is 2.00 bits per heavy atom. The maximum atomic E-state index is 13.6. The van der Waals surface area contributed by atoms with Gasteiger partial charge < -0.3 is 15.0 Å². The van der Waals surface area contributed by atoms with Crippen LogP contribution < -0.4 is 16.6 Å². The third-order valence-electron chi connectivity index (χ3n) is 6.43. The number of aromatic nitrogens is 2. The molecule has 0 radical (unpaired) electrons. The topological polar surface area (TPSA) is 103 Å². The fourth-order valence-corrected chi connectivity index (χ4v) is 6.00. The molecule has 2 aromatic heterocycles. The van der Waals surface area contributed by atoms with Crippen molar-refractivity contribution in [3.63, 3.8) is 0 Å². The molecule has 1 N–H and O–H groups in total. The monoisotopic (exact) mass is 482 g/mol. The van der Waals surface area contributed by atoms with E-state index in [1.54, 1.807) is 29.2 Å². The zero-order valence-electron chi connectivity index (χ0n) is 18.9. The first-order chi connectivity index (χ1) is 16.4. The van der Waals surface area contributed by atoms with Crippen molar-refractivity contribution >= 4 is 33.4 Å². The van der Waals surface area contributed by atoms with E-state index in [0.717, 1.165) is 27.8 Å². The lowest BCUT2D eigenvalue weighted by atomic mass is 10.1. The van der Waals surface area contributed by atoms with Gasteiger partial charge in [0.25, 0.3) is 5.56 Å². The maximum absolute atomic E-state index is 13.6. The largest absolute Gasteiger partial charge is 0.376 e. The van der Waals surface area contributed by atoms with Crippen LogP contribution in [0.3, 0.4) is 0 Å². The number of thiophene rings is 1. The molecule has 5 rings (SSSR count). The number of carbonyl (C=O) groups excluding carboxylic acids is 2. The number of hydrogen-bond acceptors (Lipinski definition) is 6. The van der Waals surface area contributed by atoms with Crippen molar-refractivity contribution in [1.82, 2.24) is 19.4 Å². The molecule has 2 aliphatic rings. The Hall–Kier alpha value is -3.24. The molecule has 1 atom stereocenters. The molecular formula is C24H26N4O5S. The molecule has 0 bridgehead atoms. The van der Waals surface area contributed by atoms with Crippen molar-refractivity contribution in [1.29, 1.82) is 0 Å². The molecule has 3 aromatic rings. The number of rotatable bonds is 5. The summed E-state index contributed by atoms with van der Waals surface area (Å²) in [5.74, 6) is -0.343. The van der Waals surface area contributed by atoms with Gasteiger partial charge in [-0.1, -0.05) is 18.2 Å². The fourth-order valence-electron chi connectivity index (χ4n) is 4.65. The van der Waals surface area contributed by atoms with Crippen LogP contribution >= 0.6 is 11.3 Å². The van der Waals surface area contributed by atoms with E-state index in [9.17, 15) is 19.2 Å². The number of hydrogen-bond donors (Lipinski definition) is 1. The zero-order chi connectivity index (χ0) is 23.8. The highest BCUT2D eigenvalue weighted by atomic mass is 32.1. The Balaban J connectivity index is 1.61. The van der Waals surface area contributed by atoms with E-state index in [4.69, 9.17) is 4.74 Å². The van der Waals surface area contributed by atoms with Crippen LogP contribution in [0.1, 0.15) is 30.2 Å². The van der Waals surface area contributed by atoms with Gasteiger partial charge in [0.2, 0.25) is 11.8 Å². The quantitative estimate of drug-likeness (QED) is 0.593. The van der Waals surface area contributed by atoms with Crippen molar-refractivity contribution < 1.29 is 14.3 Å². The van der Waals surface area contributed by atoms with Gasteiger partial charge in [-0.15, -0.1) is 11.3 Å². The van der Waals surface area contributed by atoms with Gasteiger partial charge in [0.05, 0.1) is 23.7 Å².